The molecule has 84 valence electrons. The molecule has 1 aliphatic rings. The number of aryl methyl sites for hydroxylation is 1. The summed E-state index contributed by atoms with van der Waals surface area (Å²) < 4.78 is 0. The predicted octanol–water partition coefficient (Wildman–Crippen LogP) is 1.98. The summed E-state index contributed by atoms with van der Waals surface area (Å²) in [6, 6.07) is 1.66. The van der Waals surface area contributed by atoms with Gasteiger partial charge >= 0.3 is 0 Å². The van der Waals surface area contributed by atoms with E-state index in [0.29, 0.717) is 24.1 Å². The fraction of sp³-hybridized carbons (Fsp3) is 0.364. The average molecular weight is 238 g/mol. The first-order valence-corrected chi connectivity index (χ1v) is 5.42. The van der Waals surface area contributed by atoms with Crippen LogP contribution in [0.2, 0.25) is 5.15 Å². The largest absolute Gasteiger partial charge is 0.280 e. The van der Waals surface area contributed by atoms with E-state index in [1.165, 1.54) is 0 Å². The van der Waals surface area contributed by atoms with Crippen LogP contribution >= 0.6 is 11.6 Å². The van der Waals surface area contributed by atoms with Crippen LogP contribution in [-0.4, -0.2) is 22.4 Å². The van der Waals surface area contributed by atoms with Gasteiger partial charge in [0.1, 0.15) is 5.15 Å². The minimum atomic E-state index is 0.0200. The predicted molar refractivity (Wildman–Crippen MR) is 62.4 cm³/mol. The minimum Gasteiger partial charge on any atom is -0.280 e. The van der Waals surface area contributed by atoms with Gasteiger partial charge in [0.2, 0.25) is 11.9 Å². The number of hydrogen-bond acceptors (Lipinski definition) is 3. The summed E-state index contributed by atoms with van der Waals surface area (Å²) >= 11 is 5.84. The van der Waals surface area contributed by atoms with E-state index in [0.717, 1.165) is 5.69 Å². The van der Waals surface area contributed by atoms with Crippen LogP contribution in [0.1, 0.15) is 12.1 Å². The number of halogens is 1. The van der Waals surface area contributed by atoms with Gasteiger partial charge in [0.15, 0.2) is 0 Å². The second-order valence-electron chi connectivity index (χ2n) is 3.84. The lowest BCUT2D eigenvalue weighted by Gasteiger charge is -2.14. The molecule has 1 aliphatic heterocycles. The van der Waals surface area contributed by atoms with E-state index in [4.69, 9.17) is 11.6 Å². The lowest BCUT2D eigenvalue weighted by atomic mass is 10.1. The molecule has 0 N–H and O–H groups in total. The van der Waals surface area contributed by atoms with Gasteiger partial charge in [-0.3, -0.25) is 9.69 Å². The van der Waals surface area contributed by atoms with Crippen LogP contribution in [-0.2, 0) is 4.79 Å². The maximum Gasteiger partial charge on any atom is 0.233 e. The van der Waals surface area contributed by atoms with Gasteiger partial charge in [-0.25, -0.2) is 9.97 Å². The fourth-order valence-electron chi connectivity index (χ4n) is 1.72. The summed E-state index contributed by atoms with van der Waals surface area (Å²) in [4.78, 5) is 21.6. The Morgan fingerprint density at radius 1 is 1.62 bits per heavy atom. The van der Waals surface area contributed by atoms with Gasteiger partial charge in [0.05, 0.1) is 0 Å². The molecular weight excluding hydrogens is 226 g/mol. The third kappa shape index (κ3) is 2.07. The Labute approximate surface area is 99.0 Å². The molecule has 1 aromatic heterocycles. The summed E-state index contributed by atoms with van der Waals surface area (Å²) in [5.74, 6) is 0.585. The molecule has 1 atom stereocenters. The standard InChI is InChI=1S/C11H12ClN3O/c1-3-8-5-10(16)15(6-8)11-13-7(2)4-9(12)14-11/h3-4,8H,1,5-6H2,2H3. The number of carbonyl (C=O) groups is 1. The normalized spacial score (nSPS) is 20.2. The molecule has 0 radical (unpaired) electrons. The molecule has 4 nitrogen and oxygen atoms in total. The van der Waals surface area contributed by atoms with Crippen molar-refractivity contribution in [1.82, 2.24) is 9.97 Å². The Bertz CT molecular complexity index is 427. The molecule has 2 heterocycles. The van der Waals surface area contributed by atoms with Gasteiger partial charge in [0, 0.05) is 24.6 Å². The highest BCUT2D eigenvalue weighted by molar-refractivity contribution is 6.29. The molecular formula is C11H12ClN3O. The van der Waals surface area contributed by atoms with Crippen molar-refractivity contribution in [3.8, 4) is 0 Å². The van der Waals surface area contributed by atoms with E-state index < -0.39 is 0 Å². The van der Waals surface area contributed by atoms with E-state index >= 15 is 0 Å². The molecule has 1 fully saturated rings. The Morgan fingerprint density at radius 3 is 2.94 bits per heavy atom. The highest BCUT2D eigenvalue weighted by atomic mass is 35.5. The number of aromatic nitrogens is 2. The molecule has 2 rings (SSSR count). The van der Waals surface area contributed by atoms with Crippen molar-refractivity contribution in [2.45, 2.75) is 13.3 Å². The van der Waals surface area contributed by atoms with Crippen LogP contribution in [0, 0.1) is 12.8 Å². The molecule has 16 heavy (non-hydrogen) atoms. The molecule has 1 saturated heterocycles. The Balaban J connectivity index is 2.30. The number of amides is 1. The fourth-order valence-corrected chi connectivity index (χ4v) is 1.96. The van der Waals surface area contributed by atoms with Crippen molar-refractivity contribution in [3.05, 3.63) is 29.6 Å². The Morgan fingerprint density at radius 2 is 2.38 bits per heavy atom. The number of rotatable bonds is 2. The maximum atomic E-state index is 11.7. The molecule has 0 aromatic carbocycles. The molecule has 1 aromatic rings. The number of hydrogen-bond donors (Lipinski definition) is 0. The zero-order valence-corrected chi connectivity index (χ0v) is 9.74. The van der Waals surface area contributed by atoms with Gasteiger partial charge in [-0.15, -0.1) is 6.58 Å². The smallest absolute Gasteiger partial charge is 0.233 e. The molecule has 1 amide bonds. The first kappa shape index (κ1) is 11.1. The van der Waals surface area contributed by atoms with Crippen molar-refractivity contribution in [3.63, 3.8) is 0 Å². The summed E-state index contributed by atoms with van der Waals surface area (Å²) in [6.45, 7) is 6.10. The number of anilines is 1. The van der Waals surface area contributed by atoms with Crippen LogP contribution in [0.25, 0.3) is 0 Å². The first-order valence-electron chi connectivity index (χ1n) is 5.04. The van der Waals surface area contributed by atoms with Crippen LogP contribution in [0.3, 0.4) is 0 Å². The van der Waals surface area contributed by atoms with Gasteiger partial charge in [-0.2, -0.15) is 0 Å². The molecule has 0 saturated carbocycles. The van der Waals surface area contributed by atoms with Crippen molar-refractivity contribution in [2.24, 2.45) is 5.92 Å². The van der Waals surface area contributed by atoms with Gasteiger partial charge in [-0.05, 0) is 13.0 Å². The van der Waals surface area contributed by atoms with Crippen LogP contribution in [0.15, 0.2) is 18.7 Å². The highest BCUT2D eigenvalue weighted by Crippen LogP contribution is 2.23. The van der Waals surface area contributed by atoms with Gasteiger partial charge in [0.25, 0.3) is 0 Å². The lowest BCUT2D eigenvalue weighted by Crippen LogP contribution is -2.26. The SMILES string of the molecule is C=CC1CC(=O)N(c2nc(C)cc(Cl)n2)C1. The first-order chi connectivity index (χ1) is 7.60. The molecule has 1 unspecified atom stereocenters. The number of nitrogens with zero attached hydrogens (tertiary/aromatic N) is 3. The summed E-state index contributed by atoms with van der Waals surface area (Å²) in [7, 11) is 0. The Hall–Kier alpha value is -1.42. The average Bonchev–Trinajstić information content (AvgIpc) is 2.58. The van der Waals surface area contributed by atoms with E-state index in [2.05, 4.69) is 16.5 Å². The van der Waals surface area contributed by atoms with E-state index in [9.17, 15) is 4.79 Å². The van der Waals surface area contributed by atoms with E-state index in [1.54, 1.807) is 17.0 Å². The molecule has 0 bridgehead atoms. The maximum absolute atomic E-state index is 11.7. The van der Waals surface area contributed by atoms with Crippen molar-refractivity contribution >= 4 is 23.5 Å². The van der Waals surface area contributed by atoms with Crippen LogP contribution < -0.4 is 4.90 Å². The van der Waals surface area contributed by atoms with Gasteiger partial charge < -0.3 is 0 Å². The van der Waals surface area contributed by atoms with E-state index in [1.807, 2.05) is 6.92 Å². The second kappa shape index (κ2) is 4.22. The zero-order chi connectivity index (χ0) is 11.7. The lowest BCUT2D eigenvalue weighted by molar-refractivity contribution is -0.117. The second-order valence-corrected chi connectivity index (χ2v) is 4.22. The Kier molecular flexibility index (Phi) is 2.92. The van der Waals surface area contributed by atoms with Crippen molar-refractivity contribution < 1.29 is 4.79 Å². The number of carbonyl (C=O) groups excluding carboxylic acids is 1. The van der Waals surface area contributed by atoms with Crippen LogP contribution in [0.5, 0.6) is 0 Å². The van der Waals surface area contributed by atoms with E-state index in [-0.39, 0.29) is 11.8 Å². The van der Waals surface area contributed by atoms with Crippen molar-refractivity contribution in [1.29, 1.82) is 0 Å². The minimum absolute atomic E-state index is 0.0200. The van der Waals surface area contributed by atoms with Gasteiger partial charge in [-0.1, -0.05) is 17.7 Å². The molecule has 0 spiro atoms. The zero-order valence-electron chi connectivity index (χ0n) is 8.98. The summed E-state index contributed by atoms with van der Waals surface area (Å²) in [5, 5.41) is 0.359. The quantitative estimate of drug-likeness (QED) is 0.584. The topological polar surface area (TPSA) is 46.1 Å². The monoisotopic (exact) mass is 237 g/mol. The van der Waals surface area contributed by atoms with Crippen LogP contribution in [0.4, 0.5) is 5.95 Å². The van der Waals surface area contributed by atoms with Crippen molar-refractivity contribution in [2.75, 3.05) is 11.4 Å². The third-order valence-electron chi connectivity index (χ3n) is 2.54. The third-order valence-corrected chi connectivity index (χ3v) is 2.73. The summed E-state index contributed by atoms with van der Waals surface area (Å²) in [5.41, 5.74) is 0.754. The highest BCUT2D eigenvalue weighted by Gasteiger charge is 2.30. The molecule has 0 aliphatic carbocycles. The summed E-state index contributed by atoms with van der Waals surface area (Å²) in [6.07, 6.45) is 2.26. The molecule has 5 heteroatoms.